The van der Waals surface area contributed by atoms with Crippen LogP contribution in [0, 0.1) is 11.8 Å². The van der Waals surface area contributed by atoms with Crippen molar-refractivity contribution in [3.05, 3.63) is 70.8 Å². The summed E-state index contributed by atoms with van der Waals surface area (Å²) in [6.07, 6.45) is 0.733. The summed E-state index contributed by atoms with van der Waals surface area (Å²) in [5.41, 5.74) is 1.81. The average molecular weight is 553 g/mol. The number of rotatable bonds is 11. The van der Waals surface area contributed by atoms with Gasteiger partial charge in [-0.25, -0.2) is 0 Å². The fourth-order valence-corrected chi connectivity index (χ4v) is 5.04. The molecule has 3 atom stereocenters. The highest BCUT2D eigenvalue weighted by atomic mass is 16.5. The van der Waals surface area contributed by atoms with Crippen molar-refractivity contribution in [2.24, 2.45) is 11.8 Å². The molecule has 0 unspecified atom stereocenters. The maximum Gasteiger partial charge on any atom is 0.309 e. The fourth-order valence-electron chi connectivity index (χ4n) is 5.04. The van der Waals surface area contributed by atoms with Crippen LogP contribution in [-0.4, -0.2) is 66.7 Å². The number of esters is 1. The van der Waals surface area contributed by atoms with Gasteiger partial charge in [0.15, 0.2) is 40.3 Å². The Balaban J connectivity index is 1.63. The molecule has 40 heavy (non-hydrogen) atoms. The number of phenolic OH excluding ortho intramolecular Hbond substituents is 3. The zero-order chi connectivity index (χ0) is 29.0. The Morgan fingerprint density at radius 2 is 1.50 bits per heavy atom. The number of hydrogen-bond donors (Lipinski definition) is 4. The van der Waals surface area contributed by atoms with Gasteiger partial charge in [-0.1, -0.05) is 12.1 Å². The lowest BCUT2D eigenvalue weighted by Crippen LogP contribution is -2.21. The molecule has 1 fully saturated rings. The van der Waals surface area contributed by atoms with Crippen LogP contribution >= 0.6 is 0 Å². The summed E-state index contributed by atoms with van der Waals surface area (Å²) in [6, 6.07) is 12.2. The summed E-state index contributed by atoms with van der Waals surface area (Å²) in [4.78, 5) is 26.0. The number of phenols is 3. The number of benzene rings is 3. The topological polar surface area (TPSA) is 152 Å². The van der Waals surface area contributed by atoms with Gasteiger partial charge in [0, 0.05) is 17.0 Å². The number of hydrogen-bond acceptors (Lipinski definition) is 10. The number of carbonyl (C=O) groups is 2. The van der Waals surface area contributed by atoms with E-state index < -0.39 is 24.2 Å². The molecule has 0 amide bonds. The van der Waals surface area contributed by atoms with Crippen LogP contribution in [0.5, 0.6) is 34.5 Å². The van der Waals surface area contributed by atoms with Gasteiger partial charge in [0.05, 0.1) is 46.4 Å². The van der Waals surface area contributed by atoms with Crippen molar-refractivity contribution >= 4 is 11.8 Å². The van der Waals surface area contributed by atoms with Crippen LogP contribution in [0.1, 0.15) is 33.0 Å². The molecule has 0 saturated carbocycles. The van der Waals surface area contributed by atoms with Crippen LogP contribution in [0.3, 0.4) is 0 Å². The van der Waals surface area contributed by atoms with Crippen molar-refractivity contribution in [3.63, 3.8) is 0 Å². The highest BCUT2D eigenvalue weighted by Gasteiger charge is 2.37. The van der Waals surface area contributed by atoms with E-state index in [4.69, 9.17) is 18.9 Å². The van der Waals surface area contributed by atoms with Gasteiger partial charge in [0.25, 0.3) is 0 Å². The molecular weight excluding hydrogens is 520 g/mol. The van der Waals surface area contributed by atoms with Crippen LogP contribution in [-0.2, 0) is 22.4 Å². The summed E-state index contributed by atoms with van der Waals surface area (Å²) in [5.74, 6) is -2.56. The van der Waals surface area contributed by atoms with Crippen molar-refractivity contribution in [1.82, 2.24) is 0 Å². The first-order valence-electron chi connectivity index (χ1n) is 12.6. The third kappa shape index (κ3) is 5.76. The van der Waals surface area contributed by atoms with Gasteiger partial charge in [0.1, 0.15) is 0 Å². The molecule has 0 radical (unpaired) electrons. The number of Topliss-reactive ketones (excluding diaryl/α,β-unsaturated/α-hetero) is 1. The minimum Gasteiger partial charge on any atom is -0.504 e. The summed E-state index contributed by atoms with van der Waals surface area (Å²) in [5, 5.41) is 40.9. The quantitative estimate of drug-likeness (QED) is 0.206. The van der Waals surface area contributed by atoms with Gasteiger partial charge in [0.2, 0.25) is 0 Å². The van der Waals surface area contributed by atoms with Crippen molar-refractivity contribution in [2.45, 2.75) is 18.8 Å². The predicted octanol–water partition coefficient (Wildman–Crippen LogP) is 3.36. The van der Waals surface area contributed by atoms with Crippen LogP contribution in [0.25, 0.3) is 0 Å². The minimum atomic E-state index is -1.13. The Morgan fingerprint density at radius 3 is 2.15 bits per heavy atom. The average Bonchev–Trinajstić information content (AvgIpc) is 3.29. The van der Waals surface area contributed by atoms with Crippen molar-refractivity contribution in [3.8, 4) is 34.5 Å². The van der Waals surface area contributed by atoms with Crippen molar-refractivity contribution in [2.75, 3.05) is 34.5 Å². The van der Waals surface area contributed by atoms with E-state index in [0.29, 0.717) is 24.2 Å². The van der Waals surface area contributed by atoms with Gasteiger partial charge in [-0.3, -0.25) is 9.59 Å². The molecule has 3 aromatic rings. The third-order valence-electron chi connectivity index (χ3n) is 7.23. The fraction of sp³-hybridized carbons (Fsp3) is 0.333. The van der Waals surface area contributed by atoms with Gasteiger partial charge < -0.3 is 39.4 Å². The SMILES string of the molecule is COc1cc(C[C@H]2C(=O)OC[C@@H]2Cc2cc(OC)c(O)c([C@@H](CO)C(=O)c3ccc(O)c(OC)c3)c2)ccc1O. The van der Waals surface area contributed by atoms with E-state index in [1.807, 2.05) is 0 Å². The lowest BCUT2D eigenvalue weighted by molar-refractivity contribution is -0.141. The van der Waals surface area contributed by atoms with E-state index in [1.54, 1.807) is 24.3 Å². The predicted molar refractivity (Wildman–Crippen MR) is 143 cm³/mol. The lowest BCUT2D eigenvalue weighted by atomic mass is 9.83. The maximum atomic E-state index is 13.4. The Labute approximate surface area is 231 Å². The Bertz CT molecular complexity index is 1400. The van der Waals surface area contributed by atoms with E-state index in [0.717, 1.165) is 5.56 Å². The van der Waals surface area contributed by atoms with Crippen LogP contribution in [0.15, 0.2) is 48.5 Å². The number of aliphatic hydroxyl groups is 1. The molecule has 0 aromatic heterocycles. The summed E-state index contributed by atoms with van der Waals surface area (Å²) >= 11 is 0. The highest BCUT2D eigenvalue weighted by molar-refractivity contribution is 6.02. The highest BCUT2D eigenvalue weighted by Crippen LogP contribution is 2.40. The molecule has 1 aliphatic heterocycles. The molecular formula is C30H32O10. The molecule has 4 rings (SSSR count). The lowest BCUT2D eigenvalue weighted by Gasteiger charge is -2.21. The standard InChI is InChI=1S/C30H32O10/c1-37-25-11-16(4-6-23(25)32)9-20-19(15-40-30(20)36)8-17-10-21(29(35)27(12-17)39-3)22(14-31)28(34)18-5-7-24(33)26(13-18)38-2/h4-7,10-13,19-20,22,31-33,35H,8-9,14-15H2,1-3H3/t19-,20+,22+/m0/s1. The minimum absolute atomic E-state index is 0.000696. The zero-order valence-electron chi connectivity index (χ0n) is 22.4. The first-order valence-corrected chi connectivity index (χ1v) is 12.6. The molecule has 1 saturated heterocycles. The van der Waals surface area contributed by atoms with E-state index in [-0.39, 0.29) is 58.4 Å². The number of aromatic hydroxyl groups is 3. The Hall–Kier alpha value is -4.44. The normalized spacial score (nSPS) is 17.2. The van der Waals surface area contributed by atoms with E-state index >= 15 is 0 Å². The molecule has 1 heterocycles. The first-order chi connectivity index (χ1) is 19.2. The third-order valence-corrected chi connectivity index (χ3v) is 7.23. The molecule has 0 aliphatic carbocycles. The first kappa shape index (κ1) is 28.6. The number of methoxy groups -OCH3 is 3. The summed E-state index contributed by atoms with van der Waals surface area (Å²) in [7, 11) is 4.19. The van der Waals surface area contributed by atoms with Crippen LogP contribution < -0.4 is 14.2 Å². The molecule has 4 N–H and O–H groups in total. The largest absolute Gasteiger partial charge is 0.504 e. The molecule has 10 nitrogen and oxygen atoms in total. The summed E-state index contributed by atoms with van der Waals surface area (Å²) < 4.78 is 21.0. The van der Waals surface area contributed by atoms with Crippen LogP contribution in [0.4, 0.5) is 0 Å². The van der Waals surface area contributed by atoms with E-state index in [2.05, 4.69) is 0 Å². The van der Waals surface area contributed by atoms with Crippen molar-refractivity contribution in [1.29, 1.82) is 0 Å². The monoisotopic (exact) mass is 552 g/mol. The smallest absolute Gasteiger partial charge is 0.309 e. The summed E-state index contributed by atoms with van der Waals surface area (Å²) in [6.45, 7) is -0.411. The van der Waals surface area contributed by atoms with E-state index in [9.17, 15) is 30.0 Å². The number of aliphatic hydroxyl groups excluding tert-OH is 1. The second-order valence-corrected chi connectivity index (χ2v) is 9.63. The number of cyclic esters (lactones) is 1. The number of ketones is 1. The maximum absolute atomic E-state index is 13.4. The molecule has 0 bridgehead atoms. The second-order valence-electron chi connectivity index (χ2n) is 9.63. The Kier molecular flexibility index (Phi) is 8.69. The molecule has 0 spiro atoms. The van der Waals surface area contributed by atoms with Gasteiger partial charge in [-0.15, -0.1) is 0 Å². The molecule has 3 aromatic carbocycles. The molecule has 212 valence electrons. The number of ether oxygens (including phenoxy) is 4. The van der Waals surface area contributed by atoms with Crippen molar-refractivity contribution < 1.29 is 49.0 Å². The van der Waals surface area contributed by atoms with Gasteiger partial charge in [-0.2, -0.15) is 0 Å². The van der Waals surface area contributed by atoms with Crippen LogP contribution in [0.2, 0.25) is 0 Å². The van der Waals surface area contributed by atoms with E-state index in [1.165, 1.54) is 45.6 Å². The second kappa shape index (κ2) is 12.2. The van der Waals surface area contributed by atoms with Gasteiger partial charge in [-0.05, 0) is 60.4 Å². The van der Waals surface area contributed by atoms with Gasteiger partial charge >= 0.3 is 5.97 Å². The number of carbonyl (C=O) groups excluding carboxylic acids is 2. The molecule has 10 heteroatoms. The Morgan fingerprint density at radius 1 is 0.875 bits per heavy atom. The molecule has 1 aliphatic rings. The zero-order valence-corrected chi connectivity index (χ0v) is 22.4.